The summed E-state index contributed by atoms with van der Waals surface area (Å²) in [7, 11) is 0. The van der Waals surface area contributed by atoms with E-state index in [4.69, 9.17) is 9.15 Å². The van der Waals surface area contributed by atoms with Gasteiger partial charge in [-0.15, -0.1) is 0 Å². The summed E-state index contributed by atoms with van der Waals surface area (Å²) in [4.78, 5) is 0. The van der Waals surface area contributed by atoms with Gasteiger partial charge in [-0.3, -0.25) is 5.32 Å². The molecule has 1 N–H and O–H groups in total. The van der Waals surface area contributed by atoms with Gasteiger partial charge in [-0.25, -0.2) is 4.39 Å². The van der Waals surface area contributed by atoms with Crippen molar-refractivity contribution in [3.63, 3.8) is 0 Å². The smallest absolute Gasteiger partial charge is 0.286 e. The van der Waals surface area contributed by atoms with Crippen LogP contribution in [0.2, 0.25) is 0 Å². The molecule has 0 bridgehead atoms. The molecule has 31 heavy (non-hydrogen) atoms. The molecule has 0 saturated heterocycles. The van der Waals surface area contributed by atoms with Crippen molar-refractivity contribution in [2.45, 2.75) is 61.9 Å². The van der Waals surface area contributed by atoms with E-state index in [-0.39, 0.29) is 60.8 Å². The van der Waals surface area contributed by atoms with Gasteiger partial charge in [0.25, 0.3) is 5.95 Å². The maximum atomic E-state index is 12.4. The second-order valence-electron chi connectivity index (χ2n) is 6.84. The van der Waals surface area contributed by atoms with Gasteiger partial charge in [-0.1, -0.05) is 78.6 Å². The normalized spacial score (nSPS) is 9.26. The van der Waals surface area contributed by atoms with Crippen molar-refractivity contribution in [1.82, 2.24) is 5.32 Å². The summed E-state index contributed by atoms with van der Waals surface area (Å²) in [5, 5.41) is 3.16. The van der Waals surface area contributed by atoms with Crippen LogP contribution < -0.4 is 10.1 Å². The maximum absolute atomic E-state index is 12.4. The van der Waals surface area contributed by atoms with Crippen LogP contribution >= 0.6 is 0 Å². The van der Waals surface area contributed by atoms with E-state index in [9.17, 15) is 4.39 Å². The van der Waals surface area contributed by atoms with Crippen molar-refractivity contribution in [2.24, 2.45) is 0 Å². The minimum absolute atomic E-state index is 0. The molecule has 0 amide bonds. The molecular formula is C26H40FNO2Y. The molecule has 0 aliphatic heterocycles. The molecule has 0 aliphatic rings. The van der Waals surface area contributed by atoms with E-state index in [1.807, 2.05) is 54.6 Å². The van der Waals surface area contributed by atoms with Crippen LogP contribution in [0.1, 0.15) is 61.5 Å². The summed E-state index contributed by atoms with van der Waals surface area (Å²) in [6, 6.07) is 20.8. The van der Waals surface area contributed by atoms with Crippen molar-refractivity contribution in [3.05, 3.63) is 78.1 Å². The number of furan rings is 1. The predicted octanol–water partition coefficient (Wildman–Crippen LogP) is 8.14. The third-order valence-electron chi connectivity index (χ3n) is 3.88. The molecule has 0 fully saturated rings. The van der Waals surface area contributed by atoms with Gasteiger partial charge < -0.3 is 9.15 Å². The van der Waals surface area contributed by atoms with E-state index in [1.54, 1.807) is 0 Å². The van der Waals surface area contributed by atoms with Crippen LogP contribution in [-0.2, 0) is 32.7 Å². The molecule has 3 nitrogen and oxygen atoms in total. The zero-order valence-electron chi connectivity index (χ0n) is 17.0. The Morgan fingerprint density at radius 2 is 1.42 bits per heavy atom. The third-order valence-corrected chi connectivity index (χ3v) is 3.88. The molecule has 1 aromatic heterocycles. The number of hydrogen-bond acceptors (Lipinski definition) is 3. The average molecular weight is 507 g/mol. The standard InChI is InChI=1S/C14H17NO2.C9H11F.3CH4.Y/c1-11(2)15-10-16-14-9-8-13(17-14)12-6-4-3-5-7-12;1-7(2)8-3-5-9(10)6-4-8;;;;/h3-9,11,15H,10H2,1-2H3;3-7H,1-2H3;3*1H4;. The summed E-state index contributed by atoms with van der Waals surface area (Å²) in [6.07, 6.45) is 0. The van der Waals surface area contributed by atoms with Crippen LogP contribution in [0.15, 0.2) is 71.1 Å². The first kappa shape index (κ1) is 34.1. The second kappa shape index (κ2) is 18.1. The van der Waals surface area contributed by atoms with E-state index in [0.29, 0.717) is 24.6 Å². The number of halogens is 1. The first-order valence-corrected chi connectivity index (χ1v) is 9.22. The number of rotatable bonds is 6. The van der Waals surface area contributed by atoms with Crippen molar-refractivity contribution in [2.75, 3.05) is 6.73 Å². The quantitative estimate of drug-likeness (QED) is 0.343. The predicted molar refractivity (Wildman–Crippen MR) is 129 cm³/mol. The first-order valence-electron chi connectivity index (χ1n) is 9.22. The van der Waals surface area contributed by atoms with Gasteiger partial charge >= 0.3 is 0 Å². The van der Waals surface area contributed by atoms with Crippen molar-refractivity contribution >= 4 is 0 Å². The molecule has 5 heteroatoms. The monoisotopic (exact) mass is 506 g/mol. The van der Waals surface area contributed by atoms with Crippen molar-refractivity contribution < 1.29 is 46.3 Å². The molecule has 0 unspecified atom stereocenters. The van der Waals surface area contributed by atoms with Crippen LogP contribution in [0.3, 0.4) is 0 Å². The SMILES string of the molecule is C.C.C.CC(C)NCOc1ccc(-c2ccccc2)o1.CC(C)c1ccc(F)cc1.[Y]. The molecular weight excluding hydrogens is 466 g/mol. The Morgan fingerprint density at radius 3 is 1.94 bits per heavy atom. The number of benzene rings is 2. The van der Waals surface area contributed by atoms with Gasteiger partial charge in [0.15, 0.2) is 0 Å². The van der Waals surface area contributed by atoms with E-state index in [2.05, 4.69) is 33.0 Å². The zero-order chi connectivity index (χ0) is 19.6. The molecule has 0 atom stereocenters. The average Bonchev–Trinajstić information content (AvgIpc) is 3.12. The van der Waals surface area contributed by atoms with E-state index >= 15 is 0 Å². The van der Waals surface area contributed by atoms with Crippen molar-refractivity contribution in [3.8, 4) is 17.3 Å². The van der Waals surface area contributed by atoms with Crippen LogP contribution in [-0.4, -0.2) is 12.8 Å². The Labute approximate surface area is 214 Å². The molecule has 3 aromatic rings. The first-order chi connectivity index (χ1) is 13.0. The number of ether oxygens (including phenoxy) is 1. The Morgan fingerprint density at radius 1 is 0.839 bits per heavy atom. The summed E-state index contributed by atoms with van der Waals surface area (Å²) >= 11 is 0. The fourth-order valence-electron chi connectivity index (χ4n) is 2.28. The Bertz CT molecular complexity index is 787. The van der Waals surface area contributed by atoms with Crippen LogP contribution in [0.5, 0.6) is 5.95 Å². The van der Waals surface area contributed by atoms with E-state index in [1.165, 1.54) is 17.7 Å². The van der Waals surface area contributed by atoms with Crippen LogP contribution in [0.25, 0.3) is 11.3 Å². The van der Waals surface area contributed by atoms with Gasteiger partial charge in [0.1, 0.15) is 18.3 Å². The van der Waals surface area contributed by atoms with Crippen LogP contribution in [0, 0.1) is 5.82 Å². The van der Waals surface area contributed by atoms with Gasteiger partial charge in [0.05, 0.1) is 0 Å². The molecule has 0 aliphatic carbocycles. The molecule has 2 aromatic carbocycles. The third kappa shape index (κ3) is 12.8. The van der Waals surface area contributed by atoms with Gasteiger partial charge in [0, 0.05) is 50.4 Å². The molecule has 0 saturated carbocycles. The molecule has 3 rings (SSSR count). The van der Waals surface area contributed by atoms with Gasteiger partial charge in [0.2, 0.25) is 0 Å². The summed E-state index contributed by atoms with van der Waals surface area (Å²) in [6.45, 7) is 8.78. The topological polar surface area (TPSA) is 34.4 Å². The zero-order valence-corrected chi connectivity index (χ0v) is 19.8. The van der Waals surface area contributed by atoms with Crippen LogP contribution in [0.4, 0.5) is 4.39 Å². The number of nitrogens with one attached hydrogen (secondary N) is 1. The Hall–Kier alpha value is -1.49. The maximum Gasteiger partial charge on any atom is 0.286 e. The Balaban J connectivity index is -0.000000493. The molecule has 0 spiro atoms. The summed E-state index contributed by atoms with van der Waals surface area (Å²) in [5.74, 6) is 1.69. The molecule has 1 heterocycles. The van der Waals surface area contributed by atoms with Crippen molar-refractivity contribution in [1.29, 1.82) is 0 Å². The molecule has 1 radical (unpaired) electrons. The molecule has 171 valence electrons. The van der Waals surface area contributed by atoms with E-state index in [0.717, 1.165) is 11.3 Å². The summed E-state index contributed by atoms with van der Waals surface area (Å²) in [5.41, 5.74) is 2.24. The second-order valence-corrected chi connectivity index (χ2v) is 6.84. The largest absolute Gasteiger partial charge is 0.449 e. The summed E-state index contributed by atoms with van der Waals surface area (Å²) < 4.78 is 23.4. The van der Waals surface area contributed by atoms with Gasteiger partial charge in [-0.2, -0.15) is 0 Å². The fourth-order valence-corrected chi connectivity index (χ4v) is 2.28. The van der Waals surface area contributed by atoms with Gasteiger partial charge in [-0.05, 0) is 43.5 Å². The minimum atomic E-state index is -0.163. The van der Waals surface area contributed by atoms with E-state index < -0.39 is 0 Å². The minimum Gasteiger partial charge on any atom is -0.449 e. The fraction of sp³-hybridized carbons (Fsp3) is 0.385. The number of hydrogen-bond donors (Lipinski definition) is 1. The Kier molecular flexibility index (Phi) is 20.0.